The summed E-state index contributed by atoms with van der Waals surface area (Å²) in [6.45, 7) is 8.43. The number of benzene rings is 1. The van der Waals surface area contributed by atoms with Crippen LogP contribution in [0.3, 0.4) is 0 Å². The van der Waals surface area contributed by atoms with Gasteiger partial charge in [0.05, 0.1) is 0 Å². The molecule has 0 aliphatic carbocycles. The van der Waals surface area contributed by atoms with Gasteiger partial charge in [-0.2, -0.15) is 0 Å². The molecule has 0 spiro atoms. The lowest BCUT2D eigenvalue weighted by atomic mass is 10.1. The van der Waals surface area contributed by atoms with Crippen LogP contribution in [-0.4, -0.2) is 11.2 Å². The van der Waals surface area contributed by atoms with Crippen molar-refractivity contribution in [3.63, 3.8) is 0 Å². The minimum absolute atomic E-state index is 0.408. The molecule has 0 aromatic heterocycles. The van der Waals surface area contributed by atoms with E-state index in [9.17, 15) is 0 Å². The summed E-state index contributed by atoms with van der Waals surface area (Å²) in [5.41, 5.74) is 3.56. The first-order valence-corrected chi connectivity index (χ1v) is 6.08. The number of anilines is 1. The van der Waals surface area contributed by atoms with Gasteiger partial charge in [-0.15, -0.1) is 0 Å². The van der Waals surface area contributed by atoms with Crippen molar-refractivity contribution in [3.8, 4) is 0 Å². The second kappa shape index (κ2) is 5.85. The zero-order chi connectivity index (χ0) is 12.1. The molecule has 0 heterocycles. The molecule has 0 unspecified atom stereocenters. The molecule has 0 saturated carbocycles. The normalized spacial score (nSPS) is 12.0. The second-order valence-corrected chi connectivity index (χ2v) is 4.63. The third-order valence-electron chi connectivity index (χ3n) is 2.62. The predicted octanol–water partition coefficient (Wildman–Crippen LogP) is 3.39. The molecule has 0 amide bonds. The molecule has 1 rings (SSSR count). The Balaban J connectivity index is 2.63. The summed E-state index contributed by atoms with van der Waals surface area (Å²) in [5.74, 6) is 0. The molecule has 2 N–H and O–H groups in total. The van der Waals surface area contributed by atoms with Crippen LogP contribution in [0.15, 0.2) is 18.2 Å². The number of hydrogen-bond donors (Lipinski definition) is 2. The Kier molecular flexibility index (Phi) is 4.74. The largest absolute Gasteiger partial charge is 0.360 e. The van der Waals surface area contributed by atoms with Crippen molar-refractivity contribution < 1.29 is 0 Å². The molecule has 0 saturated heterocycles. The molecule has 0 aliphatic rings. The first-order valence-electron chi connectivity index (χ1n) is 5.67. The maximum Gasteiger partial charge on any atom is 0.170 e. The molecule has 0 fully saturated rings. The summed E-state index contributed by atoms with van der Waals surface area (Å²) >= 11 is 5.25. The molecular formula is C13H20N2S. The maximum absolute atomic E-state index is 5.25. The van der Waals surface area contributed by atoms with Crippen LogP contribution >= 0.6 is 12.2 Å². The molecule has 0 aliphatic heterocycles. The summed E-state index contributed by atoms with van der Waals surface area (Å²) < 4.78 is 0. The maximum atomic E-state index is 5.25. The van der Waals surface area contributed by atoms with Gasteiger partial charge in [-0.25, -0.2) is 0 Å². The second-order valence-electron chi connectivity index (χ2n) is 4.23. The SMILES string of the molecule is CC[C@H](C)NC(=S)Nc1ccc(C)cc1C. The van der Waals surface area contributed by atoms with Gasteiger partial charge in [0.15, 0.2) is 5.11 Å². The van der Waals surface area contributed by atoms with E-state index >= 15 is 0 Å². The lowest BCUT2D eigenvalue weighted by Gasteiger charge is -2.16. The van der Waals surface area contributed by atoms with E-state index in [2.05, 4.69) is 56.5 Å². The Bertz CT molecular complexity index is 374. The van der Waals surface area contributed by atoms with Crippen LogP contribution in [0.5, 0.6) is 0 Å². The fourth-order valence-corrected chi connectivity index (χ4v) is 1.75. The zero-order valence-electron chi connectivity index (χ0n) is 10.4. The summed E-state index contributed by atoms with van der Waals surface area (Å²) in [4.78, 5) is 0. The van der Waals surface area contributed by atoms with E-state index in [1.807, 2.05) is 0 Å². The van der Waals surface area contributed by atoms with E-state index in [4.69, 9.17) is 12.2 Å². The fraction of sp³-hybridized carbons (Fsp3) is 0.462. The van der Waals surface area contributed by atoms with Gasteiger partial charge in [-0.3, -0.25) is 0 Å². The average Bonchev–Trinajstić information content (AvgIpc) is 2.22. The van der Waals surface area contributed by atoms with E-state index in [-0.39, 0.29) is 0 Å². The number of hydrogen-bond acceptors (Lipinski definition) is 1. The van der Waals surface area contributed by atoms with Crippen LogP contribution in [0.4, 0.5) is 5.69 Å². The molecule has 1 atom stereocenters. The van der Waals surface area contributed by atoms with Crippen LogP contribution in [0.1, 0.15) is 31.4 Å². The number of thiocarbonyl (C=S) groups is 1. The van der Waals surface area contributed by atoms with Crippen LogP contribution in [0, 0.1) is 13.8 Å². The third kappa shape index (κ3) is 3.81. The molecule has 1 aromatic carbocycles. The van der Waals surface area contributed by atoms with Gasteiger partial charge in [0.2, 0.25) is 0 Å². The van der Waals surface area contributed by atoms with E-state index in [0.717, 1.165) is 12.1 Å². The highest BCUT2D eigenvalue weighted by Gasteiger charge is 2.03. The summed E-state index contributed by atoms with van der Waals surface area (Å²) in [5, 5.41) is 7.16. The van der Waals surface area contributed by atoms with Crippen molar-refractivity contribution in [2.24, 2.45) is 0 Å². The van der Waals surface area contributed by atoms with Gasteiger partial charge in [-0.05, 0) is 51.0 Å². The molecule has 2 nitrogen and oxygen atoms in total. The van der Waals surface area contributed by atoms with Crippen LogP contribution < -0.4 is 10.6 Å². The first-order chi connectivity index (χ1) is 7.52. The minimum atomic E-state index is 0.408. The van der Waals surface area contributed by atoms with Crippen molar-refractivity contribution in [1.82, 2.24) is 5.32 Å². The number of nitrogens with one attached hydrogen (secondary N) is 2. The van der Waals surface area contributed by atoms with E-state index in [1.165, 1.54) is 11.1 Å². The van der Waals surface area contributed by atoms with Gasteiger partial charge < -0.3 is 10.6 Å². The van der Waals surface area contributed by atoms with Gasteiger partial charge in [0.1, 0.15) is 0 Å². The minimum Gasteiger partial charge on any atom is -0.360 e. The number of aryl methyl sites for hydroxylation is 2. The highest BCUT2D eigenvalue weighted by atomic mass is 32.1. The summed E-state index contributed by atoms with van der Waals surface area (Å²) in [7, 11) is 0. The standard InChI is InChI=1S/C13H20N2S/c1-5-11(4)14-13(16)15-12-7-6-9(2)8-10(12)3/h6-8,11H,5H2,1-4H3,(H2,14,15,16)/t11-/m0/s1. The molecule has 88 valence electrons. The Morgan fingerprint density at radius 2 is 2.06 bits per heavy atom. The smallest absolute Gasteiger partial charge is 0.170 e. The molecule has 0 radical (unpaired) electrons. The lowest BCUT2D eigenvalue weighted by molar-refractivity contribution is 0.646. The highest BCUT2D eigenvalue weighted by Crippen LogP contribution is 2.15. The van der Waals surface area contributed by atoms with Gasteiger partial charge >= 0.3 is 0 Å². The molecule has 1 aromatic rings. The van der Waals surface area contributed by atoms with E-state index < -0.39 is 0 Å². The Morgan fingerprint density at radius 3 is 2.62 bits per heavy atom. The van der Waals surface area contributed by atoms with Gasteiger partial charge in [0.25, 0.3) is 0 Å². The Morgan fingerprint density at radius 1 is 1.38 bits per heavy atom. The average molecular weight is 236 g/mol. The van der Waals surface area contributed by atoms with E-state index in [0.29, 0.717) is 11.2 Å². The summed E-state index contributed by atoms with van der Waals surface area (Å²) in [6, 6.07) is 6.70. The quantitative estimate of drug-likeness (QED) is 0.787. The van der Waals surface area contributed by atoms with Crippen LogP contribution in [-0.2, 0) is 0 Å². The van der Waals surface area contributed by atoms with E-state index in [1.54, 1.807) is 0 Å². The monoisotopic (exact) mass is 236 g/mol. The summed E-state index contributed by atoms with van der Waals surface area (Å²) in [6.07, 6.45) is 1.06. The topological polar surface area (TPSA) is 24.1 Å². The van der Waals surface area contributed by atoms with Crippen LogP contribution in [0.25, 0.3) is 0 Å². The Hall–Kier alpha value is -1.09. The van der Waals surface area contributed by atoms with Crippen molar-refractivity contribution in [2.75, 3.05) is 5.32 Å². The number of rotatable bonds is 3. The van der Waals surface area contributed by atoms with Gasteiger partial charge in [-0.1, -0.05) is 24.6 Å². The lowest BCUT2D eigenvalue weighted by Crippen LogP contribution is -2.35. The Labute approximate surface area is 103 Å². The molecule has 3 heteroatoms. The third-order valence-corrected chi connectivity index (χ3v) is 2.84. The highest BCUT2D eigenvalue weighted by molar-refractivity contribution is 7.80. The zero-order valence-corrected chi connectivity index (χ0v) is 11.2. The van der Waals surface area contributed by atoms with Crippen molar-refractivity contribution in [1.29, 1.82) is 0 Å². The molecular weight excluding hydrogens is 216 g/mol. The van der Waals surface area contributed by atoms with Crippen molar-refractivity contribution in [3.05, 3.63) is 29.3 Å². The molecule has 16 heavy (non-hydrogen) atoms. The van der Waals surface area contributed by atoms with Gasteiger partial charge in [0, 0.05) is 11.7 Å². The predicted molar refractivity (Wildman–Crippen MR) is 75.0 cm³/mol. The fourth-order valence-electron chi connectivity index (χ4n) is 1.44. The first kappa shape index (κ1) is 13.0. The van der Waals surface area contributed by atoms with Crippen molar-refractivity contribution in [2.45, 2.75) is 40.2 Å². The van der Waals surface area contributed by atoms with Crippen LogP contribution in [0.2, 0.25) is 0 Å². The molecule has 0 bridgehead atoms. The van der Waals surface area contributed by atoms with Crippen molar-refractivity contribution >= 4 is 23.0 Å².